The van der Waals surface area contributed by atoms with Crippen LogP contribution >= 0.6 is 0 Å². The van der Waals surface area contributed by atoms with Crippen LogP contribution in [0, 0.1) is 23.5 Å². The Balaban J connectivity index is 2.47. The highest BCUT2D eigenvalue weighted by atomic mass is 19.1. The summed E-state index contributed by atoms with van der Waals surface area (Å²) in [6, 6.07) is 2.71. The first-order chi connectivity index (χ1) is 8.22. The maximum atomic E-state index is 13.7. The SMILES string of the molecule is CC#Cc1c(F)cc(C2=CC=CCC2)cc1F. The average molecular weight is 230 g/mol. The van der Waals surface area contributed by atoms with Gasteiger partial charge in [-0.05, 0) is 43.0 Å². The molecule has 0 amide bonds. The summed E-state index contributed by atoms with van der Waals surface area (Å²) in [5, 5.41) is 0. The van der Waals surface area contributed by atoms with Crippen molar-refractivity contribution in [3.8, 4) is 11.8 Å². The van der Waals surface area contributed by atoms with Gasteiger partial charge in [0.2, 0.25) is 0 Å². The summed E-state index contributed by atoms with van der Waals surface area (Å²) in [7, 11) is 0. The van der Waals surface area contributed by atoms with Gasteiger partial charge in [-0.25, -0.2) is 8.78 Å². The zero-order chi connectivity index (χ0) is 12.3. The molecule has 0 bridgehead atoms. The quantitative estimate of drug-likeness (QED) is 0.638. The van der Waals surface area contributed by atoms with Crippen molar-refractivity contribution in [3.63, 3.8) is 0 Å². The number of hydrogen-bond acceptors (Lipinski definition) is 0. The van der Waals surface area contributed by atoms with Crippen LogP contribution in [-0.4, -0.2) is 0 Å². The molecular weight excluding hydrogens is 218 g/mol. The van der Waals surface area contributed by atoms with Crippen LogP contribution in [-0.2, 0) is 0 Å². The van der Waals surface area contributed by atoms with Crippen LogP contribution < -0.4 is 0 Å². The molecule has 0 nitrogen and oxygen atoms in total. The minimum atomic E-state index is -0.593. The molecule has 1 aromatic rings. The summed E-state index contributed by atoms with van der Waals surface area (Å²) in [6.07, 6.45) is 7.56. The first-order valence-electron chi connectivity index (χ1n) is 5.50. The van der Waals surface area contributed by atoms with Crippen molar-refractivity contribution in [3.05, 3.63) is 53.1 Å². The topological polar surface area (TPSA) is 0 Å². The molecule has 2 heteroatoms. The summed E-state index contributed by atoms with van der Waals surface area (Å²) in [4.78, 5) is 0. The minimum absolute atomic E-state index is 0.150. The van der Waals surface area contributed by atoms with Gasteiger partial charge in [0.1, 0.15) is 11.6 Å². The van der Waals surface area contributed by atoms with E-state index in [1.165, 1.54) is 12.1 Å². The molecule has 0 saturated heterocycles. The van der Waals surface area contributed by atoms with E-state index in [0.717, 1.165) is 18.4 Å². The molecule has 1 aromatic carbocycles. The van der Waals surface area contributed by atoms with Crippen LogP contribution in [0.4, 0.5) is 8.78 Å². The number of allylic oxidation sites excluding steroid dienone is 4. The van der Waals surface area contributed by atoms with Gasteiger partial charge >= 0.3 is 0 Å². The van der Waals surface area contributed by atoms with Gasteiger partial charge in [0.25, 0.3) is 0 Å². The molecule has 0 atom stereocenters. The van der Waals surface area contributed by atoms with Gasteiger partial charge in [0.15, 0.2) is 0 Å². The molecule has 0 saturated carbocycles. The van der Waals surface area contributed by atoms with Crippen LogP contribution in [0.25, 0.3) is 5.57 Å². The lowest BCUT2D eigenvalue weighted by Crippen LogP contribution is -1.96. The lowest BCUT2D eigenvalue weighted by atomic mass is 9.96. The average Bonchev–Trinajstić information content (AvgIpc) is 2.35. The molecule has 0 radical (unpaired) electrons. The number of benzene rings is 1. The molecule has 0 unspecified atom stereocenters. The fraction of sp³-hybridized carbons (Fsp3) is 0.200. The van der Waals surface area contributed by atoms with Crippen LogP contribution in [0.5, 0.6) is 0 Å². The highest BCUT2D eigenvalue weighted by Gasteiger charge is 2.12. The van der Waals surface area contributed by atoms with Gasteiger partial charge in [-0.15, -0.1) is 5.92 Å². The number of rotatable bonds is 1. The molecule has 86 valence electrons. The first kappa shape index (κ1) is 11.6. The zero-order valence-electron chi connectivity index (χ0n) is 9.56. The smallest absolute Gasteiger partial charge is 0.142 e. The third-order valence-corrected chi connectivity index (χ3v) is 2.68. The fourth-order valence-electron chi connectivity index (χ4n) is 1.85. The van der Waals surface area contributed by atoms with E-state index < -0.39 is 11.6 Å². The molecule has 0 aromatic heterocycles. The molecule has 0 heterocycles. The van der Waals surface area contributed by atoms with E-state index in [9.17, 15) is 8.78 Å². The third-order valence-electron chi connectivity index (χ3n) is 2.68. The standard InChI is InChI=1S/C15H12F2/c1-2-6-13-14(16)9-12(10-15(13)17)11-7-4-3-5-8-11/h3-4,7,9-10H,5,8H2,1H3. The Hall–Kier alpha value is -1.88. The van der Waals surface area contributed by atoms with E-state index in [1.807, 2.05) is 18.2 Å². The largest absolute Gasteiger partial charge is 0.205 e. The van der Waals surface area contributed by atoms with Gasteiger partial charge < -0.3 is 0 Å². The molecule has 1 aliphatic rings. The van der Waals surface area contributed by atoms with Crippen molar-refractivity contribution in [1.82, 2.24) is 0 Å². The van der Waals surface area contributed by atoms with Crippen molar-refractivity contribution in [1.29, 1.82) is 0 Å². The summed E-state index contributed by atoms with van der Waals surface area (Å²) < 4.78 is 27.3. The van der Waals surface area contributed by atoms with Crippen LogP contribution in [0.2, 0.25) is 0 Å². The normalized spacial score (nSPS) is 13.9. The van der Waals surface area contributed by atoms with Crippen LogP contribution in [0.3, 0.4) is 0 Å². The van der Waals surface area contributed by atoms with E-state index in [0.29, 0.717) is 5.56 Å². The molecule has 17 heavy (non-hydrogen) atoms. The van der Waals surface area contributed by atoms with Crippen LogP contribution in [0.1, 0.15) is 30.9 Å². The monoisotopic (exact) mass is 230 g/mol. The maximum absolute atomic E-state index is 13.7. The van der Waals surface area contributed by atoms with Crippen LogP contribution in [0.15, 0.2) is 30.4 Å². The highest BCUT2D eigenvalue weighted by molar-refractivity contribution is 5.69. The predicted molar refractivity (Wildman–Crippen MR) is 65.3 cm³/mol. The molecule has 1 aliphatic carbocycles. The Labute approximate surface area is 99.7 Å². The van der Waals surface area contributed by atoms with Crippen molar-refractivity contribution in [2.45, 2.75) is 19.8 Å². The fourth-order valence-corrected chi connectivity index (χ4v) is 1.85. The summed E-state index contributed by atoms with van der Waals surface area (Å²) in [5.74, 6) is 3.76. The van der Waals surface area contributed by atoms with E-state index in [4.69, 9.17) is 0 Å². The van der Waals surface area contributed by atoms with Crippen molar-refractivity contribution in [2.24, 2.45) is 0 Å². The summed E-state index contributed by atoms with van der Waals surface area (Å²) >= 11 is 0. The Kier molecular flexibility index (Phi) is 3.39. The molecule has 0 fully saturated rings. The van der Waals surface area contributed by atoms with E-state index in [2.05, 4.69) is 11.8 Å². The second-order valence-electron chi connectivity index (χ2n) is 3.85. The lowest BCUT2D eigenvalue weighted by molar-refractivity contribution is 0.576. The molecule has 0 aliphatic heterocycles. The Morgan fingerprint density at radius 1 is 1.18 bits per heavy atom. The summed E-state index contributed by atoms with van der Waals surface area (Å²) in [5.41, 5.74) is 1.41. The number of halogens is 2. The Morgan fingerprint density at radius 3 is 2.41 bits per heavy atom. The second kappa shape index (κ2) is 4.97. The predicted octanol–water partition coefficient (Wildman–Crippen LogP) is 4.07. The van der Waals surface area contributed by atoms with Gasteiger partial charge in [-0.3, -0.25) is 0 Å². The van der Waals surface area contributed by atoms with Gasteiger partial charge in [0.05, 0.1) is 5.56 Å². The van der Waals surface area contributed by atoms with Crippen molar-refractivity contribution >= 4 is 5.57 Å². The second-order valence-corrected chi connectivity index (χ2v) is 3.85. The molecule has 0 N–H and O–H groups in total. The number of hydrogen-bond donors (Lipinski definition) is 0. The zero-order valence-corrected chi connectivity index (χ0v) is 9.56. The van der Waals surface area contributed by atoms with E-state index in [1.54, 1.807) is 6.92 Å². The van der Waals surface area contributed by atoms with Crippen molar-refractivity contribution in [2.75, 3.05) is 0 Å². The van der Waals surface area contributed by atoms with Gasteiger partial charge in [-0.2, -0.15) is 0 Å². The Bertz CT molecular complexity index is 531. The van der Waals surface area contributed by atoms with Crippen molar-refractivity contribution < 1.29 is 8.78 Å². The third kappa shape index (κ3) is 2.45. The maximum Gasteiger partial charge on any atom is 0.142 e. The Morgan fingerprint density at radius 2 is 1.88 bits per heavy atom. The lowest BCUT2D eigenvalue weighted by Gasteiger charge is -2.10. The summed E-state index contributed by atoms with van der Waals surface area (Å²) in [6.45, 7) is 1.56. The van der Waals surface area contributed by atoms with E-state index in [-0.39, 0.29) is 5.56 Å². The molecule has 2 rings (SSSR count). The highest BCUT2D eigenvalue weighted by Crippen LogP contribution is 2.26. The first-order valence-corrected chi connectivity index (χ1v) is 5.50. The molecule has 0 spiro atoms. The van der Waals surface area contributed by atoms with Gasteiger partial charge in [-0.1, -0.05) is 24.1 Å². The van der Waals surface area contributed by atoms with Gasteiger partial charge in [0, 0.05) is 0 Å². The molecular formula is C15H12F2. The minimum Gasteiger partial charge on any atom is -0.205 e. The van der Waals surface area contributed by atoms with E-state index >= 15 is 0 Å².